The number of aryl methyl sites for hydroxylation is 1. The lowest BCUT2D eigenvalue weighted by molar-refractivity contribution is -0.112. The molecule has 0 aliphatic carbocycles. The minimum Gasteiger partial charge on any atom is -0.390 e. The van der Waals surface area contributed by atoms with Crippen LogP contribution in [-0.4, -0.2) is 34.6 Å². The molecule has 0 saturated heterocycles. The van der Waals surface area contributed by atoms with Crippen LogP contribution in [0.25, 0.3) is 10.4 Å². The van der Waals surface area contributed by atoms with Crippen molar-refractivity contribution in [3.8, 4) is 0 Å². The Kier molecular flexibility index (Phi) is 3.71. The molecule has 2 rings (SSSR count). The molecule has 2 unspecified atom stereocenters. The molecule has 104 valence electrons. The third-order valence-corrected chi connectivity index (χ3v) is 3.14. The molecule has 1 aromatic rings. The lowest BCUT2D eigenvalue weighted by Crippen LogP contribution is -2.24. The molecule has 0 aromatic heterocycles. The fourth-order valence-electron chi connectivity index (χ4n) is 2.16. The van der Waals surface area contributed by atoms with Gasteiger partial charge in [-0.25, -0.2) is 0 Å². The highest BCUT2D eigenvalue weighted by Crippen LogP contribution is 2.34. The minimum absolute atomic E-state index is 0.0579. The third-order valence-electron chi connectivity index (χ3n) is 3.14. The van der Waals surface area contributed by atoms with Crippen LogP contribution >= 0.6 is 0 Å². The van der Waals surface area contributed by atoms with Crippen molar-refractivity contribution in [1.82, 2.24) is 0 Å². The number of aliphatic hydroxyl groups excluding tert-OH is 2. The fourth-order valence-corrected chi connectivity index (χ4v) is 2.16. The van der Waals surface area contributed by atoms with Crippen LogP contribution in [-0.2, 0) is 4.79 Å². The summed E-state index contributed by atoms with van der Waals surface area (Å²) in [6, 6.07) is 3.18. The Morgan fingerprint density at radius 3 is 2.75 bits per heavy atom. The molecule has 1 aliphatic rings. The van der Waals surface area contributed by atoms with Crippen LogP contribution in [0.15, 0.2) is 17.2 Å². The van der Waals surface area contributed by atoms with E-state index < -0.39 is 23.9 Å². The van der Waals surface area contributed by atoms with E-state index in [9.17, 15) is 19.8 Å². The van der Waals surface area contributed by atoms with Crippen molar-refractivity contribution in [2.45, 2.75) is 19.1 Å². The van der Waals surface area contributed by atoms with Gasteiger partial charge in [-0.3, -0.25) is 9.59 Å². The molecule has 1 amide bonds. The SMILES string of the molecule is Cc1ccc2c(c1C(O)C(O)CN=[N+]=[N-])C(=O)C(=O)N2. The number of amides is 1. The zero-order chi connectivity index (χ0) is 14.9. The minimum atomic E-state index is -1.42. The molecule has 0 radical (unpaired) electrons. The number of ketones is 1. The average molecular weight is 276 g/mol. The number of fused-ring (bicyclic) bond motifs is 1. The van der Waals surface area contributed by atoms with E-state index in [2.05, 4.69) is 15.3 Å². The molecule has 2 atom stereocenters. The molecule has 8 heteroatoms. The number of Topliss-reactive ketones (excluding diaryl/α,β-unsaturated/α-hetero) is 1. The van der Waals surface area contributed by atoms with Crippen LogP contribution in [0.5, 0.6) is 0 Å². The highest BCUT2D eigenvalue weighted by molar-refractivity contribution is 6.52. The number of hydrogen-bond acceptors (Lipinski definition) is 5. The Bertz CT molecular complexity index is 637. The van der Waals surface area contributed by atoms with E-state index in [0.29, 0.717) is 11.3 Å². The van der Waals surface area contributed by atoms with E-state index in [1.165, 1.54) is 0 Å². The predicted octanol–water partition coefficient (Wildman–Crippen LogP) is 0.834. The normalized spacial score (nSPS) is 16.1. The number of rotatable bonds is 4. The van der Waals surface area contributed by atoms with Crippen LogP contribution in [0, 0.1) is 6.92 Å². The summed E-state index contributed by atoms with van der Waals surface area (Å²) in [5.74, 6) is -1.53. The maximum Gasteiger partial charge on any atom is 0.296 e. The zero-order valence-corrected chi connectivity index (χ0v) is 10.6. The quantitative estimate of drug-likeness (QED) is 0.325. The van der Waals surface area contributed by atoms with E-state index in [4.69, 9.17) is 5.53 Å². The van der Waals surface area contributed by atoms with Gasteiger partial charge in [0, 0.05) is 4.91 Å². The van der Waals surface area contributed by atoms with Gasteiger partial charge < -0.3 is 15.5 Å². The second kappa shape index (κ2) is 5.30. The van der Waals surface area contributed by atoms with Gasteiger partial charge in [-0.05, 0) is 29.6 Å². The molecule has 3 N–H and O–H groups in total. The zero-order valence-electron chi connectivity index (χ0n) is 10.6. The molecule has 20 heavy (non-hydrogen) atoms. The largest absolute Gasteiger partial charge is 0.390 e. The Labute approximate surface area is 113 Å². The first-order chi connectivity index (χ1) is 9.47. The molecular formula is C12H12N4O4. The number of azide groups is 1. The lowest BCUT2D eigenvalue weighted by Gasteiger charge is -2.20. The number of anilines is 1. The summed E-state index contributed by atoms with van der Waals surface area (Å²) < 4.78 is 0. The number of carbonyl (C=O) groups excluding carboxylic acids is 2. The molecule has 0 spiro atoms. The number of benzene rings is 1. The van der Waals surface area contributed by atoms with Crippen LogP contribution in [0.4, 0.5) is 5.69 Å². The van der Waals surface area contributed by atoms with Crippen molar-refractivity contribution >= 4 is 17.4 Å². The summed E-state index contributed by atoms with van der Waals surface area (Å²) in [5, 5.41) is 25.5. The topological polar surface area (TPSA) is 135 Å². The third kappa shape index (κ3) is 2.23. The molecule has 1 aromatic carbocycles. The molecule has 0 fully saturated rings. The van der Waals surface area contributed by atoms with Crippen molar-refractivity contribution in [1.29, 1.82) is 0 Å². The Morgan fingerprint density at radius 2 is 2.10 bits per heavy atom. The van der Waals surface area contributed by atoms with Gasteiger partial charge in [-0.2, -0.15) is 0 Å². The van der Waals surface area contributed by atoms with Gasteiger partial charge in [0.15, 0.2) is 0 Å². The van der Waals surface area contributed by atoms with E-state index in [1.54, 1.807) is 19.1 Å². The number of hydrogen-bond donors (Lipinski definition) is 3. The highest BCUT2D eigenvalue weighted by Gasteiger charge is 2.35. The van der Waals surface area contributed by atoms with E-state index >= 15 is 0 Å². The predicted molar refractivity (Wildman–Crippen MR) is 69.1 cm³/mol. The Hall–Kier alpha value is -2.41. The van der Waals surface area contributed by atoms with E-state index in [0.717, 1.165) is 0 Å². The summed E-state index contributed by atoms with van der Waals surface area (Å²) in [4.78, 5) is 25.7. The number of aliphatic hydroxyl groups is 2. The number of carbonyl (C=O) groups is 2. The van der Waals surface area contributed by atoms with Crippen molar-refractivity contribution in [2.24, 2.45) is 5.11 Å². The Balaban J connectivity index is 2.47. The lowest BCUT2D eigenvalue weighted by atomic mass is 9.92. The van der Waals surface area contributed by atoms with Gasteiger partial charge in [0.25, 0.3) is 11.7 Å². The summed E-state index contributed by atoms with van der Waals surface area (Å²) in [5.41, 5.74) is 9.30. The van der Waals surface area contributed by atoms with Crippen molar-refractivity contribution in [3.63, 3.8) is 0 Å². The van der Waals surface area contributed by atoms with Gasteiger partial charge in [-0.15, -0.1) is 0 Å². The van der Waals surface area contributed by atoms with Crippen LogP contribution < -0.4 is 5.32 Å². The molecule has 8 nitrogen and oxygen atoms in total. The average Bonchev–Trinajstić information content (AvgIpc) is 2.71. The van der Waals surface area contributed by atoms with Gasteiger partial charge in [0.05, 0.1) is 23.9 Å². The fraction of sp³-hybridized carbons (Fsp3) is 0.333. The highest BCUT2D eigenvalue weighted by atomic mass is 16.3. The van der Waals surface area contributed by atoms with Crippen molar-refractivity contribution in [3.05, 3.63) is 39.3 Å². The maximum absolute atomic E-state index is 11.8. The second-order valence-electron chi connectivity index (χ2n) is 4.43. The summed E-state index contributed by atoms with van der Waals surface area (Å²) in [7, 11) is 0. The van der Waals surface area contributed by atoms with Crippen LogP contribution in [0.2, 0.25) is 0 Å². The molecule has 0 bridgehead atoms. The van der Waals surface area contributed by atoms with E-state index in [1.807, 2.05) is 0 Å². The first-order valence-corrected chi connectivity index (χ1v) is 5.83. The summed E-state index contributed by atoms with van der Waals surface area (Å²) in [6.07, 6.45) is -2.79. The van der Waals surface area contributed by atoms with Crippen molar-refractivity contribution < 1.29 is 19.8 Å². The van der Waals surface area contributed by atoms with Gasteiger partial charge in [-0.1, -0.05) is 11.2 Å². The molecule has 1 heterocycles. The number of nitrogens with one attached hydrogen (secondary N) is 1. The van der Waals surface area contributed by atoms with Crippen LogP contribution in [0.3, 0.4) is 0 Å². The van der Waals surface area contributed by atoms with Gasteiger partial charge in [0.1, 0.15) is 6.10 Å². The summed E-state index contributed by atoms with van der Waals surface area (Å²) >= 11 is 0. The van der Waals surface area contributed by atoms with E-state index in [-0.39, 0.29) is 17.7 Å². The van der Waals surface area contributed by atoms with Gasteiger partial charge >= 0.3 is 0 Å². The number of nitrogens with zero attached hydrogens (tertiary/aromatic N) is 3. The Morgan fingerprint density at radius 1 is 1.40 bits per heavy atom. The maximum atomic E-state index is 11.8. The van der Waals surface area contributed by atoms with Gasteiger partial charge in [0.2, 0.25) is 0 Å². The first kappa shape index (κ1) is 14.0. The molecule has 1 aliphatic heterocycles. The van der Waals surface area contributed by atoms with Crippen molar-refractivity contribution in [2.75, 3.05) is 11.9 Å². The standard InChI is InChI=1S/C12H12N4O4/c1-5-2-3-6-9(11(19)12(20)15-6)8(5)10(18)7(17)4-14-16-13/h2-3,7,10,17-18H,4H2,1H3,(H,15,19,20). The van der Waals surface area contributed by atoms with Crippen LogP contribution in [0.1, 0.15) is 27.6 Å². The molecule has 0 saturated carbocycles. The first-order valence-electron chi connectivity index (χ1n) is 5.83. The monoisotopic (exact) mass is 276 g/mol. The smallest absolute Gasteiger partial charge is 0.296 e. The second-order valence-corrected chi connectivity index (χ2v) is 4.43. The summed E-state index contributed by atoms with van der Waals surface area (Å²) in [6.45, 7) is 1.31. The molecular weight excluding hydrogens is 264 g/mol.